The number of halogens is 1. The molecule has 0 atom stereocenters. The quantitative estimate of drug-likeness (QED) is 0.908. The molecule has 1 rings (SSSR count). The van der Waals surface area contributed by atoms with Gasteiger partial charge in [-0.2, -0.15) is 0 Å². The summed E-state index contributed by atoms with van der Waals surface area (Å²) in [6.45, 7) is 0.603. The molecule has 0 aliphatic rings. The fourth-order valence-corrected chi connectivity index (χ4v) is 1.24. The van der Waals surface area contributed by atoms with Gasteiger partial charge in [0.1, 0.15) is 5.82 Å². The number of amides is 1. The third-order valence-corrected chi connectivity index (χ3v) is 2.34. The van der Waals surface area contributed by atoms with Crippen molar-refractivity contribution in [3.8, 4) is 0 Å². The van der Waals surface area contributed by atoms with E-state index < -0.39 is 0 Å². The fourth-order valence-electron chi connectivity index (χ4n) is 1.00. The van der Waals surface area contributed by atoms with Crippen LogP contribution in [0.25, 0.3) is 0 Å². The van der Waals surface area contributed by atoms with Crippen molar-refractivity contribution in [2.45, 2.75) is 6.42 Å². The van der Waals surface area contributed by atoms with Crippen LogP contribution in [-0.4, -0.2) is 36.4 Å². The van der Waals surface area contributed by atoms with E-state index in [0.29, 0.717) is 13.0 Å². The summed E-state index contributed by atoms with van der Waals surface area (Å²) >= 11 is 3.30. The molecule has 1 N–H and O–H groups in total. The van der Waals surface area contributed by atoms with E-state index >= 15 is 0 Å². The molecular weight excluding hydrogens is 258 g/mol. The molecule has 1 amide bonds. The highest BCUT2D eigenvalue weighted by molar-refractivity contribution is 9.10. The zero-order valence-corrected chi connectivity index (χ0v) is 10.4. The highest BCUT2D eigenvalue weighted by Crippen LogP contribution is 2.10. The number of nitrogens with one attached hydrogen (secondary N) is 1. The van der Waals surface area contributed by atoms with Crippen molar-refractivity contribution in [2.75, 3.05) is 26.0 Å². The number of anilines is 1. The molecule has 0 spiro atoms. The van der Waals surface area contributed by atoms with Gasteiger partial charge < -0.3 is 10.2 Å². The molecule has 0 aliphatic carbocycles. The molecule has 15 heavy (non-hydrogen) atoms. The molecule has 1 aromatic rings. The van der Waals surface area contributed by atoms with Crippen LogP contribution in [0.2, 0.25) is 0 Å². The molecule has 82 valence electrons. The molecule has 0 saturated carbocycles. The van der Waals surface area contributed by atoms with E-state index in [1.165, 1.54) is 0 Å². The third kappa shape index (κ3) is 4.29. The Bertz CT molecular complexity index is 324. The summed E-state index contributed by atoms with van der Waals surface area (Å²) in [4.78, 5) is 17.0. The average molecular weight is 272 g/mol. The summed E-state index contributed by atoms with van der Waals surface area (Å²) in [5, 5.41) is 3.08. The maximum Gasteiger partial charge on any atom is 0.223 e. The predicted octanol–water partition coefficient (Wildman–Crippen LogP) is 1.73. The maximum atomic E-state index is 11.2. The zero-order valence-electron chi connectivity index (χ0n) is 8.83. The Morgan fingerprint density at radius 2 is 2.27 bits per heavy atom. The molecule has 0 aliphatic heterocycles. The van der Waals surface area contributed by atoms with Crippen molar-refractivity contribution in [3.63, 3.8) is 0 Å². The van der Waals surface area contributed by atoms with Gasteiger partial charge in [0, 0.05) is 37.7 Å². The van der Waals surface area contributed by atoms with Crippen molar-refractivity contribution in [1.82, 2.24) is 9.88 Å². The van der Waals surface area contributed by atoms with Crippen LogP contribution in [0.5, 0.6) is 0 Å². The normalized spacial score (nSPS) is 9.80. The van der Waals surface area contributed by atoms with Crippen LogP contribution >= 0.6 is 15.9 Å². The number of hydrogen-bond donors (Lipinski definition) is 1. The number of carbonyl (C=O) groups is 1. The van der Waals surface area contributed by atoms with E-state index in [9.17, 15) is 4.79 Å². The van der Waals surface area contributed by atoms with Crippen molar-refractivity contribution in [3.05, 3.63) is 22.8 Å². The molecule has 0 aromatic carbocycles. The van der Waals surface area contributed by atoms with Crippen molar-refractivity contribution in [1.29, 1.82) is 0 Å². The Balaban J connectivity index is 2.32. The molecule has 1 heterocycles. The Morgan fingerprint density at radius 1 is 1.53 bits per heavy atom. The van der Waals surface area contributed by atoms with Crippen molar-refractivity contribution in [2.24, 2.45) is 0 Å². The third-order valence-electron chi connectivity index (χ3n) is 1.87. The summed E-state index contributed by atoms with van der Waals surface area (Å²) in [5.74, 6) is 0.893. The second-order valence-electron chi connectivity index (χ2n) is 3.33. The smallest absolute Gasteiger partial charge is 0.223 e. The van der Waals surface area contributed by atoms with Gasteiger partial charge in [0.2, 0.25) is 5.91 Å². The minimum Gasteiger partial charge on any atom is -0.370 e. The van der Waals surface area contributed by atoms with Gasteiger partial charge in [-0.3, -0.25) is 4.79 Å². The van der Waals surface area contributed by atoms with Crippen LogP contribution < -0.4 is 5.32 Å². The number of pyridine rings is 1. The van der Waals surface area contributed by atoms with Gasteiger partial charge in [-0.25, -0.2) is 4.98 Å². The molecule has 0 saturated heterocycles. The van der Waals surface area contributed by atoms with Crippen molar-refractivity contribution >= 4 is 27.7 Å². The lowest BCUT2D eigenvalue weighted by Gasteiger charge is -2.10. The first-order chi connectivity index (χ1) is 7.09. The van der Waals surface area contributed by atoms with Gasteiger partial charge >= 0.3 is 0 Å². The van der Waals surface area contributed by atoms with Crippen LogP contribution in [0.1, 0.15) is 6.42 Å². The molecule has 0 bridgehead atoms. The lowest BCUT2D eigenvalue weighted by molar-refractivity contribution is -0.128. The summed E-state index contributed by atoms with van der Waals surface area (Å²) < 4.78 is 0.942. The van der Waals surface area contributed by atoms with Crippen LogP contribution in [-0.2, 0) is 4.79 Å². The first-order valence-electron chi connectivity index (χ1n) is 4.65. The van der Waals surface area contributed by atoms with Crippen molar-refractivity contribution < 1.29 is 4.79 Å². The van der Waals surface area contributed by atoms with Crippen LogP contribution in [0.3, 0.4) is 0 Å². The Kier molecular flexibility index (Phi) is 4.55. The average Bonchev–Trinajstić information content (AvgIpc) is 2.20. The molecule has 4 nitrogen and oxygen atoms in total. The molecular formula is C10H14BrN3O. The van der Waals surface area contributed by atoms with E-state index in [-0.39, 0.29) is 5.91 Å². The second kappa shape index (κ2) is 5.70. The number of hydrogen-bond acceptors (Lipinski definition) is 3. The molecule has 0 fully saturated rings. The minimum absolute atomic E-state index is 0.111. The molecule has 0 radical (unpaired) electrons. The molecule has 5 heteroatoms. The van der Waals surface area contributed by atoms with Crippen LogP contribution in [0.15, 0.2) is 22.8 Å². The van der Waals surface area contributed by atoms with E-state index in [2.05, 4.69) is 26.2 Å². The standard InChI is InChI=1S/C10H14BrN3O/c1-14(2)10(15)5-6-12-9-4-3-8(11)7-13-9/h3-4,7H,5-6H2,1-2H3,(H,12,13). The number of carbonyl (C=O) groups excluding carboxylic acids is 1. The SMILES string of the molecule is CN(C)C(=O)CCNc1ccc(Br)cn1. The Labute approximate surface area is 97.8 Å². The van der Waals surface area contributed by atoms with Gasteiger partial charge in [-0.15, -0.1) is 0 Å². The van der Waals surface area contributed by atoms with E-state index in [0.717, 1.165) is 10.3 Å². The van der Waals surface area contributed by atoms with E-state index in [4.69, 9.17) is 0 Å². The van der Waals surface area contributed by atoms with E-state index in [1.54, 1.807) is 25.2 Å². The fraction of sp³-hybridized carbons (Fsp3) is 0.400. The number of nitrogens with zero attached hydrogens (tertiary/aromatic N) is 2. The summed E-state index contributed by atoms with van der Waals surface area (Å²) in [6.07, 6.45) is 2.20. The predicted molar refractivity (Wildman–Crippen MR) is 63.7 cm³/mol. The van der Waals surface area contributed by atoms with Gasteiger partial charge in [0.05, 0.1) is 0 Å². The maximum absolute atomic E-state index is 11.2. The number of rotatable bonds is 4. The lowest BCUT2D eigenvalue weighted by Crippen LogP contribution is -2.24. The topological polar surface area (TPSA) is 45.2 Å². The first-order valence-corrected chi connectivity index (χ1v) is 5.44. The Hall–Kier alpha value is -1.10. The summed E-state index contributed by atoms with van der Waals surface area (Å²) in [5.41, 5.74) is 0. The van der Waals surface area contributed by atoms with Gasteiger partial charge in [0.15, 0.2) is 0 Å². The van der Waals surface area contributed by atoms with Gasteiger partial charge in [0.25, 0.3) is 0 Å². The van der Waals surface area contributed by atoms with Crippen LogP contribution in [0, 0.1) is 0 Å². The molecule has 1 aromatic heterocycles. The lowest BCUT2D eigenvalue weighted by atomic mass is 10.3. The van der Waals surface area contributed by atoms with E-state index in [1.807, 2.05) is 12.1 Å². The highest BCUT2D eigenvalue weighted by atomic mass is 79.9. The summed E-state index contributed by atoms with van der Waals surface area (Å²) in [7, 11) is 3.50. The monoisotopic (exact) mass is 271 g/mol. The van der Waals surface area contributed by atoms with Gasteiger partial charge in [-0.05, 0) is 28.1 Å². The highest BCUT2D eigenvalue weighted by Gasteiger charge is 2.02. The molecule has 0 unspecified atom stereocenters. The van der Waals surface area contributed by atoms with Crippen LogP contribution in [0.4, 0.5) is 5.82 Å². The second-order valence-corrected chi connectivity index (χ2v) is 4.24. The van der Waals surface area contributed by atoms with Gasteiger partial charge in [-0.1, -0.05) is 0 Å². The zero-order chi connectivity index (χ0) is 11.3. The largest absolute Gasteiger partial charge is 0.370 e. The Morgan fingerprint density at radius 3 is 2.80 bits per heavy atom. The summed E-state index contributed by atoms with van der Waals surface area (Å²) in [6, 6.07) is 3.77. The minimum atomic E-state index is 0.111. The number of aromatic nitrogens is 1. The first kappa shape index (κ1) is 12.0.